The zero-order chi connectivity index (χ0) is 12.1. The van der Waals surface area contributed by atoms with Crippen molar-refractivity contribution >= 4 is 11.9 Å². The van der Waals surface area contributed by atoms with E-state index in [1.165, 1.54) is 0 Å². The van der Waals surface area contributed by atoms with E-state index in [1.54, 1.807) is 18.2 Å². The molecule has 0 spiro atoms. The Labute approximate surface area is 92.3 Å². The molecule has 0 aliphatic heterocycles. The van der Waals surface area contributed by atoms with Crippen LogP contribution in [-0.4, -0.2) is 28.3 Å². The number of aryl methyl sites for hydroxylation is 1. The van der Waals surface area contributed by atoms with Crippen molar-refractivity contribution in [2.24, 2.45) is 0 Å². The van der Waals surface area contributed by atoms with Crippen LogP contribution < -0.4 is 4.74 Å². The van der Waals surface area contributed by atoms with Gasteiger partial charge in [0, 0.05) is 0 Å². The number of benzene rings is 1. The summed E-state index contributed by atoms with van der Waals surface area (Å²) in [6, 6.07) is 6.78. The molecule has 16 heavy (non-hydrogen) atoms. The molecule has 5 heteroatoms. The van der Waals surface area contributed by atoms with Crippen molar-refractivity contribution < 1.29 is 24.5 Å². The summed E-state index contributed by atoms with van der Waals surface area (Å²) in [5, 5.41) is 17.3. The zero-order valence-corrected chi connectivity index (χ0v) is 8.71. The third-order valence-electron chi connectivity index (χ3n) is 1.90. The van der Waals surface area contributed by atoms with Gasteiger partial charge in [0.2, 0.25) is 6.10 Å². The predicted octanol–water partition coefficient (Wildman–Crippen LogP) is 1.30. The van der Waals surface area contributed by atoms with Gasteiger partial charge in [0.25, 0.3) is 0 Å². The highest BCUT2D eigenvalue weighted by atomic mass is 16.5. The minimum atomic E-state index is -1.36. The van der Waals surface area contributed by atoms with Gasteiger partial charge in [0.15, 0.2) is 0 Å². The Kier molecular flexibility index (Phi) is 3.88. The molecule has 86 valence electrons. The molecule has 0 aliphatic carbocycles. The van der Waals surface area contributed by atoms with Crippen molar-refractivity contribution in [3.63, 3.8) is 0 Å². The fourth-order valence-corrected chi connectivity index (χ4v) is 1.19. The molecule has 0 saturated heterocycles. The van der Waals surface area contributed by atoms with E-state index in [9.17, 15) is 9.59 Å². The van der Waals surface area contributed by atoms with Crippen LogP contribution in [0.15, 0.2) is 24.3 Å². The van der Waals surface area contributed by atoms with E-state index in [0.29, 0.717) is 5.75 Å². The lowest BCUT2D eigenvalue weighted by Crippen LogP contribution is -2.29. The summed E-state index contributed by atoms with van der Waals surface area (Å²) >= 11 is 0. The van der Waals surface area contributed by atoms with E-state index in [-0.39, 0.29) is 0 Å². The molecule has 0 radical (unpaired) electrons. The van der Waals surface area contributed by atoms with Gasteiger partial charge >= 0.3 is 11.9 Å². The standard InChI is InChI=1S/C11H12O5/c1-7-3-2-4-8(5-7)16-9(11(14)15)6-10(12)13/h2-5,9H,6H2,1H3,(H,12,13)(H,14,15)/t9-/m0/s1. The fourth-order valence-electron chi connectivity index (χ4n) is 1.19. The number of carboxylic acid groups (broad SMARTS) is 2. The van der Waals surface area contributed by atoms with E-state index >= 15 is 0 Å². The fraction of sp³-hybridized carbons (Fsp3) is 0.273. The molecular formula is C11H12O5. The first-order valence-corrected chi connectivity index (χ1v) is 4.67. The first-order chi connectivity index (χ1) is 7.49. The minimum absolute atomic E-state index is 0.355. The lowest BCUT2D eigenvalue weighted by molar-refractivity contribution is -0.151. The van der Waals surface area contributed by atoms with Gasteiger partial charge in [-0.15, -0.1) is 0 Å². The smallest absolute Gasteiger partial charge is 0.345 e. The molecule has 0 amide bonds. The number of rotatable bonds is 5. The molecule has 0 saturated carbocycles. The zero-order valence-electron chi connectivity index (χ0n) is 8.71. The van der Waals surface area contributed by atoms with Gasteiger partial charge in [-0.1, -0.05) is 12.1 Å². The van der Waals surface area contributed by atoms with Crippen molar-refractivity contribution in [2.75, 3.05) is 0 Å². The van der Waals surface area contributed by atoms with Crippen LogP contribution in [0.25, 0.3) is 0 Å². The Morgan fingerprint density at radius 3 is 2.56 bits per heavy atom. The topological polar surface area (TPSA) is 83.8 Å². The Bertz CT molecular complexity index is 399. The average molecular weight is 224 g/mol. The number of hydrogen-bond acceptors (Lipinski definition) is 3. The van der Waals surface area contributed by atoms with Crippen molar-refractivity contribution in [3.05, 3.63) is 29.8 Å². The summed E-state index contributed by atoms with van der Waals surface area (Å²) in [5.41, 5.74) is 0.914. The van der Waals surface area contributed by atoms with Gasteiger partial charge in [-0.05, 0) is 24.6 Å². The van der Waals surface area contributed by atoms with Crippen molar-refractivity contribution in [1.82, 2.24) is 0 Å². The number of carbonyl (C=O) groups is 2. The van der Waals surface area contributed by atoms with Gasteiger partial charge < -0.3 is 14.9 Å². The summed E-state index contributed by atoms with van der Waals surface area (Å²) in [6.07, 6.45) is -1.93. The molecule has 0 aliphatic rings. The van der Waals surface area contributed by atoms with Crippen LogP contribution in [0, 0.1) is 6.92 Å². The molecule has 1 aromatic rings. The normalized spacial score (nSPS) is 11.8. The molecule has 5 nitrogen and oxygen atoms in total. The van der Waals surface area contributed by atoms with E-state index in [4.69, 9.17) is 14.9 Å². The van der Waals surface area contributed by atoms with Gasteiger partial charge in [-0.2, -0.15) is 0 Å². The van der Waals surface area contributed by atoms with Gasteiger partial charge in [-0.25, -0.2) is 4.79 Å². The van der Waals surface area contributed by atoms with Gasteiger partial charge in [0.1, 0.15) is 5.75 Å². The van der Waals surface area contributed by atoms with E-state index in [0.717, 1.165) is 5.56 Å². The quantitative estimate of drug-likeness (QED) is 0.787. The Balaban J connectivity index is 2.75. The number of ether oxygens (including phenoxy) is 1. The minimum Gasteiger partial charge on any atom is -0.481 e. The molecule has 0 fully saturated rings. The van der Waals surface area contributed by atoms with E-state index in [2.05, 4.69) is 0 Å². The van der Waals surface area contributed by atoms with Crippen molar-refractivity contribution in [2.45, 2.75) is 19.4 Å². The summed E-state index contributed by atoms with van der Waals surface area (Å²) in [4.78, 5) is 21.2. The van der Waals surface area contributed by atoms with Crippen LogP contribution in [-0.2, 0) is 9.59 Å². The monoisotopic (exact) mass is 224 g/mol. The van der Waals surface area contributed by atoms with Crippen LogP contribution in [0.4, 0.5) is 0 Å². The van der Waals surface area contributed by atoms with Gasteiger partial charge in [0.05, 0.1) is 6.42 Å². The molecule has 1 aromatic carbocycles. The van der Waals surface area contributed by atoms with Crippen LogP contribution in [0.1, 0.15) is 12.0 Å². The average Bonchev–Trinajstić information content (AvgIpc) is 2.15. The molecule has 0 unspecified atom stereocenters. The number of aliphatic carboxylic acids is 2. The van der Waals surface area contributed by atoms with Crippen LogP contribution >= 0.6 is 0 Å². The summed E-state index contributed by atoms with van der Waals surface area (Å²) < 4.78 is 5.09. The van der Waals surface area contributed by atoms with Crippen molar-refractivity contribution in [3.8, 4) is 5.75 Å². The highest BCUT2D eigenvalue weighted by molar-refractivity contribution is 5.79. The van der Waals surface area contributed by atoms with Crippen LogP contribution in [0.2, 0.25) is 0 Å². The van der Waals surface area contributed by atoms with E-state index < -0.39 is 24.5 Å². The molecule has 0 heterocycles. The number of hydrogen-bond donors (Lipinski definition) is 2. The van der Waals surface area contributed by atoms with E-state index in [1.807, 2.05) is 13.0 Å². The highest BCUT2D eigenvalue weighted by Crippen LogP contribution is 2.15. The SMILES string of the molecule is Cc1cccc(O[C@@H](CC(=O)O)C(=O)O)c1. The van der Waals surface area contributed by atoms with Crippen molar-refractivity contribution in [1.29, 1.82) is 0 Å². The first-order valence-electron chi connectivity index (χ1n) is 4.67. The second-order valence-corrected chi connectivity index (χ2v) is 3.36. The second-order valence-electron chi connectivity index (χ2n) is 3.36. The largest absolute Gasteiger partial charge is 0.481 e. The Morgan fingerprint density at radius 2 is 2.06 bits per heavy atom. The molecular weight excluding hydrogens is 212 g/mol. The Hall–Kier alpha value is -2.04. The maximum atomic E-state index is 10.7. The number of carboxylic acids is 2. The second kappa shape index (κ2) is 5.16. The molecule has 0 aromatic heterocycles. The molecule has 1 atom stereocenters. The predicted molar refractivity (Wildman–Crippen MR) is 55.5 cm³/mol. The molecule has 1 rings (SSSR count). The third kappa shape index (κ3) is 3.61. The maximum Gasteiger partial charge on any atom is 0.345 e. The summed E-state index contributed by atoms with van der Waals surface area (Å²) in [5.74, 6) is -2.14. The molecule has 0 bridgehead atoms. The van der Waals surface area contributed by atoms with Gasteiger partial charge in [-0.3, -0.25) is 4.79 Å². The third-order valence-corrected chi connectivity index (χ3v) is 1.90. The molecule has 2 N–H and O–H groups in total. The Morgan fingerprint density at radius 1 is 1.38 bits per heavy atom. The lowest BCUT2D eigenvalue weighted by atomic mass is 10.2. The summed E-state index contributed by atoms with van der Waals surface area (Å²) in [6.45, 7) is 1.83. The lowest BCUT2D eigenvalue weighted by Gasteiger charge is -2.13. The van der Waals surface area contributed by atoms with Crippen LogP contribution in [0.3, 0.4) is 0 Å². The maximum absolute atomic E-state index is 10.7. The highest BCUT2D eigenvalue weighted by Gasteiger charge is 2.22. The summed E-state index contributed by atoms with van der Waals surface area (Å²) in [7, 11) is 0. The first kappa shape index (κ1) is 12.0. The van der Waals surface area contributed by atoms with Crippen LogP contribution in [0.5, 0.6) is 5.75 Å².